The molecule has 0 saturated heterocycles. The van der Waals surface area contributed by atoms with Crippen LogP contribution in [-0.4, -0.2) is 30.6 Å². The van der Waals surface area contributed by atoms with Crippen LogP contribution in [-0.2, 0) is 6.42 Å². The molecule has 1 N–H and O–H groups in total. The molecule has 2 nitrogen and oxygen atoms in total. The smallest absolute Gasteiger partial charge is 0.0475 e. The van der Waals surface area contributed by atoms with E-state index in [1.165, 1.54) is 36.8 Å². The Morgan fingerprint density at radius 1 is 1.14 bits per heavy atom. The van der Waals surface area contributed by atoms with Crippen molar-refractivity contribution in [2.75, 3.05) is 13.6 Å². The van der Waals surface area contributed by atoms with E-state index in [0.29, 0.717) is 12.1 Å². The summed E-state index contributed by atoms with van der Waals surface area (Å²) in [5, 5.41) is 3.70. The Morgan fingerprint density at radius 2 is 1.76 bits per heavy atom. The van der Waals surface area contributed by atoms with E-state index in [0.717, 1.165) is 19.0 Å². The van der Waals surface area contributed by atoms with E-state index in [4.69, 9.17) is 0 Å². The van der Waals surface area contributed by atoms with Gasteiger partial charge in [-0.3, -0.25) is 4.90 Å². The summed E-state index contributed by atoms with van der Waals surface area (Å²) in [6.45, 7) is 7.81. The van der Waals surface area contributed by atoms with Gasteiger partial charge in [0.25, 0.3) is 0 Å². The lowest BCUT2D eigenvalue weighted by Gasteiger charge is -2.36. The molecule has 21 heavy (non-hydrogen) atoms. The third-order valence-electron chi connectivity index (χ3n) is 5.20. The molecular weight excluding hydrogens is 256 g/mol. The second-order valence-corrected chi connectivity index (χ2v) is 6.47. The molecule has 0 aromatic heterocycles. The second kappa shape index (κ2) is 7.95. The summed E-state index contributed by atoms with van der Waals surface area (Å²) < 4.78 is 0. The Bertz CT molecular complexity index is 406. The average molecular weight is 288 g/mol. The molecular formula is C19H32N2. The van der Waals surface area contributed by atoms with Crippen LogP contribution in [0.2, 0.25) is 0 Å². The SMILES string of the molecule is CCNC(c1ccc(CC)cc1)C(C)N(C)C1CCCC1. The topological polar surface area (TPSA) is 15.3 Å². The molecule has 2 rings (SSSR count). The second-order valence-electron chi connectivity index (χ2n) is 6.47. The maximum atomic E-state index is 3.70. The molecule has 118 valence electrons. The van der Waals surface area contributed by atoms with E-state index in [1.54, 1.807) is 0 Å². The number of nitrogens with one attached hydrogen (secondary N) is 1. The Labute approximate surface area is 130 Å². The van der Waals surface area contributed by atoms with Crippen molar-refractivity contribution in [2.24, 2.45) is 0 Å². The molecule has 2 unspecified atom stereocenters. The molecule has 1 aromatic rings. The molecule has 2 atom stereocenters. The van der Waals surface area contributed by atoms with Crippen LogP contribution in [0.15, 0.2) is 24.3 Å². The lowest BCUT2D eigenvalue weighted by atomic mass is 9.96. The fourth-order valence-electron chi connectivity index (χ4n) is 3.63. The fraction of sp³-hybridized carbons (Fsp3) is 0.684. The van der Waals surface area contributed by atoms with Gasteiger partial charge < -0.3 is 5.32 Å². The van der Waals surface area contributed by atoms with Gasteiger partial charge in [-0.1, -0.05) is 51.0 Å². The van der Waals surface area contributed by atoms with Gasteiger partial charge in [0.05, 0.1) is 0 Å². The van der Waals surface area contributed by atoms with E-state index in [-0.39, 0.29) is 0 Å². The van der Waals surface area contributed by atoms with Crippen LogP contribution in [0.5, 0.6) is 0 Å². The summed E-state index contributed by atoms with van der Waals surface area (Å²) in [5.41, 5.74) is 2.84. The predicted octanol–water partition coefficient (Wildman–Crippen LogP) is 4.16. The Balaban J connectivity index is 2.11. The molecule has 0 bridgehead atoms. The van der Waals surface area contributed by atoms with Crippen LogP contribution in [0.1, 0.15) is 63.6 Å². The molecule has 2 heteroatoms. The van der Waals surface area contributed by atoms with Crippen LogP contribution >= 0.6 is 0 Å². The van der Waals surface area contributed by atoms with Gasteiger partial charge in [0.2, 0.25) is 0 Å². The average Bonchev–Trinajstić information content (AvgIpc) is 3.06. The largest absolute Gasteiger partial charge is 0.309 e. The van der Waals surface area contributed by atoms with Gasteiger partial charge >= 0.3 is 0 Å². The summed E-state index contributed by atoms with van der Waals surface area (Å²) in [6, 6.07) is 10.9. The minimum absolute atomic E-state index is 0.423. The molecule has 0 amide bonds. The van der Waals surface area contributed by atoms with Crippen molar-refractivity contribution in [2.45, 2.75) is 71.0 Å². The Kier molecular flexibility index (Phi) is 6.25. The first-order chi connectivity index (χ1) is 10.2. The quantitative estimate of drug-likeness (QED) is 0.810. The molecule has 1 saturated carbocycles. The first kappa shape index (κ1) is 16.5. The van der Waals surface area contributed by atoms with Crippen LogP contribution < -0.4 is 5.32 Å². The normalized spacial score (nSPS) is 19.1. The first-order valence-corrected chi connectivity index (χ1v) is 8.71. The number of aryl methyl sites for hydroxylation is 1. The van der Waals surface area contributed by atoms with Crippen molar-refractivity contribution < 1.29 is 0 Å². The third kappa shape index (κ3) is 4.08. The van der Waals surface area contributed by atoms with Crippen LogP contribution in [0.25, 0.3) is 0 Å². The lowest BCUT2D eigenvalue weighted by molar-refractivity contribution is 0.151. The number of benzene rings is 1. The maximum Gasteiger partial charge on any atom is 0.0475 e. The number of hydrogen-bond donors (Lipinski definition) is 1. The molecule has 0 spiro atoms. The molecule has 0 radical (unpaired) electrons. The Hall–Kier alpha value is -0.860. The van der Waals surface area contributed by atoms with Gasteiger partial charge in [-0.2, -0.15) is 0 Å². The number of likely N-dealkylation sites (N-methyl/N-ethyl adjacent to an activating group) is 2. The minimum atomic E-state index is 0.423. The highest BCUT2D eigenvalue weighted by molar-refractivity contribution is 5.26. The summed E-state index contributed by atoms with van der Waals surface area (Å²) in [7, 11) is 2.31. The van der Waals surface area contributed by atoms with E-state index in [2.05, 4.69) is 62.3 Å². The molecule has 0 aliphatic heterocycles. The van der Waals surface area contributed by atoms with Gasteiger partial charge in [0, 0.05) is 18.1 Å². The molecule has 1 aliphatic carbocycles. The van der Waals surface area contributed by atoms with Crippen molar-refractivity contribution >= 4 is 0 Å². The van der Waals surface area contributed by atoms with E-state index < -0.39 is 0 Å². The van der Waals surface area contributed by atoms with Crippen LogP contribution in [0, 0.1) is 0 Å². The van der Waals surface area contributed by atoms with Gasteiger partial charge in [-0.05, 0) is 50.9 Å². The van der Waals surface area contributed by atoms with Crippen molar-refractivity contribution in [3.63, 3.8) is 0 Å². The van der Waals surface area contributed by atoms with E-state index >= 15 is 0 Å². The Morgan fingerprint density at radius 3 is 2.29 bits per heavy atom. The van der Waals surface area contributed by atoms with Gasteiger partial charge in [-0.15, -0.1) is 0 Å². The van der Waals surface area contributed by atoms with Gasteiger partial charge in [0.1, 0.15) is 0 Å². The van der Waals surface area contributed by atoms with E-state index in [9.17, 15) is 0 Å². The molecule has 1 aliphatic rings. The fourth-order valence-corrected chi connectivity index (χ4v) is 3.63. The van der Waals surface area contributed by atoms with Crippen molar-refractivity contribution in [1.82, 2.24) is 10.2 Å². The minimum Gasteiger partial charge on any atom is -0.309 e. The summed E-state index contributed by atoms with van der Waals surface area (Å²) in [4.78, 5) is 2.61. The standard InChI is InChI=1S/C19H32N2/c1-5-16-11-13-17(14-12-16)19(20-6-2)15(3)21(4)18-9-7-8-10-18/h11-15,18-20H,5-10H2,1-4H3. The van der Waals surface area contributed by atoms with Crippen molar-refractivity contribution in [3.8, 4) is 0 Å². The third-order valence-corrected chi connectivity index (χ3v) is 5.20. The summed E-state index contributed by atoms with van der Waals surface area (Å²) in [6.07, 6.45) is 6.66. The molecule has 1 aromatic carbocycles. The zero-order chi connectivity index (χ0) is 15.2. The van der Waals surface area contributed by atoms with Crippen molar-refractivity contribution in [1.29, 1.82) is 0 Å². The highest BCUT2D eigenvalue weighted by Gasteiger charge is 2.28. The highest BCUT2D eigenvalue weighted by Crippen LogP contribution is 2.28. The van der Waals surface area contributed by atoms with E-state index in [1.807, 2.05) is 0 Å². The summed E-state index contributed by atoms with van der Waals surface area (Å²) in [5.74, 6) is 0. The molecule has 1 fully saturated rings. The van der Waals surface area contributed by atoms with Crippen LogP contribution in [0.4, 0.5) is 0 Å². The van der Waals surface area contributed by atoms with Gasteiger partial charge in [0.15, 0.2) is 0 Å². The maximum absolute atomic E-state index is 3.70. The molecule has 0 heterocycles. The van der Waals surface area contributed by atoms with Gasteiger partial charge in [-0.25, -0.2) is 0 Å². The highest BCUT2D eigenvalue weighted by atomic mass is 15.2. The lowest BCUT2D eigenvalue weighted by Crippen LogP contribution is -2.45. The van der Waals surface area contributed by atoms with Crippen molar-refractivity contribution in [3.05, 3.63) is 35.4 Å². The zero-order valence-corrected chi connectivity index (χ0v) is 14.2. The van der Waals surface area contributed by atoms with Crippen LogP contribution in [0.3, 0.4) is 0 Å². The zero-order valence-electron chi connectivity index (χ0n) is 14.2. The monoisotopic (exact) mass is 288 g/mol. The summed E-state index contributed by atoms with van der Waals surface area (Å²) >= 11 is 0. The predicted molar refractivity (Wildman–Crippen MR) is 91.7 cm³/mol. The number of nitrogens with zero attached hydrogens (tertiary/aromatic N) is 1. The number of hydrogen-bond acceptors (Lipinski definition) is 2. The first-order valence-electron chi connectivity index (χ1n) is 8.71. The number of rotatable bonds is 7.